The number of nitrogens with zero attached hydrogens (tertiary/aromatic N) is 3. The molecule has 1 amide bonds. The van der Waals surface area contributed by atoms with Gasteiger partial charge in [-0.25, -0.2) is 9.97 Å². The zero-order valence-corrected chi connectivity index (χ0v) is 22.0. The highest BCUT2D eigenvalue weighted by Gasteiger charge is 2.91. The Bertz CT molecular complexity index is 1540. The van der Waals surface area contributed by atoms with Gasteiger partial charge < -0.3 is 15.8 Å². The zero-order chi connectivity index (χ0) is 24.8. The third-order valence-corrected chi connectivity index (χ3v) is 12.0. The summed E-state index contributed by atoms with van der Waals surface area (Å²) in [5, 5.41) is 3.14. The highest BCUT2D eigenvalue weighted by atomic mass is 32.1. The van der Waals surface area contributed by atoms with Gasteiger partial charge in [-0.2, -0.15) is 0 Å². The number of nitrogens with one attached hydrogen (secondary N) is 1. The van der Waals surface area contributed by atoms with Gasteiger partial charge in [0.25, 0.3) is 5.91 Å². The fourth-order valence-electron chi connectivity index (χ4n) is 10.0. The summed E-state index contributed by atoms with van der Waals surface area (Å²) in [4.78, 5) is 26.1. The van der Waals surface area contributed by atoms with Crippen LogP contribution in [0.4, 0.5) is 5.69 Å². The molecule has 6 heterocycles. The van der Waals surface area contributed by atoms with Crippen LogP contribution in [0.3, 0.4) is 0 Å². The zero-order valence-electron chi connectivity index (χ0n) is 21.2. The summed E-state index contributed by atoms with van der Waals surface area (Å²) in [5.41, 5.74) is 11.8. The number of hydrogen-bond acceptors (Lipinski definition) is 7. The summed E-state index contributed by atoms with van der Waals surface area (Å²) in [6.07, 6.45) is 8.11. The molecule has 8 heteroatoms. The van der Waals surface area contributed by atoms with E-state index in [1.165, 1.54) is 48.1 Å². The highest BCUT2D eigenvalue weighted by molar-refractivity contribution is 7.21. The number of amides is 1. The largest absolute Gasteiger partial charge is 0.491 e. The van der Waals surface area contributed by atoms with Crippen LogP contribution in [0.25, 0.3) is 10.3 Å². The number of fused-ring (bicyclic) bond motifs is 3. The lowest BCUT2D eigenvalue weighted by molar-refractivity contribution is 0.0267. The van der Waals surface area contributed by atoms with Crippen molar-refractivity contribution in [2.45, 2.75) is 76.0 Å². The van der Waals surface area contributed by atoms with E-state index in [1.54, 1.807) is 6.20 Å². The fraction of sp³-hybridized carbons (Fsp3) is 0.552. The summed E-state index contributed by atoms with van der Waals surface area (Å²) in [6, 6.07) is 9.37. The summed E-state index contributed by atoms with van der Waals surface area (Å²) in [5.74, 6) is 2.38. The van der Waals surface area contributed by atoms with Crippen LogP contribution in [0.2, 0.25) is 0 Å². The van der Waals surface area contributed by atoms with Crippen LogP contribution in [0.5, 0.6) is 5.75 Å². The number of carbonyl (C=O) groups excluding carboxylic acids is 1. The molecule has 0 bridgehead atoms. The monoisotopic (exact) mass is 513 g/mol. The number of aromatic nitrogens is 2. The van der Waals surface area contributed by atoms with Gasteiger partial charge in [-0.3, -0.25) is 9.69 Å². The molecular weight excluding hydrogens is 482 g/mol. The van der Waals surface area contributed by atoms with Gasteiger partial charge in [0.05, 0.1) is 17.4 Å². The van der Waals surface area contributed by atoms with Gasteiger partial charge in [-0.05, 0) is 78.9 Å². The molecule has 3 aromatic rings. The highest BCUT2D eigenvalue weighted by Crippen LogP contribution is 2.92. The van der Waals surface area contributed by atoms with E-state index in [1.807, 2.05) is 6.92 Å². The van der Waals surface area contributed by atoms with Gasteiger partial charge in [0.2, 0.25) is 0 Å². The number of benzene rings is 1. The first-order chi connectivity index (χ1) is 17.9. The Morgan fingerprint density at radius 1 is 1.27 bits per heavy atom. The molecule has 190 valence electrons. The number of carbonyl (C=O) groups is 1. The first-order valence-corrected chi connectivity index (χ1v) is 14.6. The predicted octanol–water partition coefficient (Wildman–Crippen LogP) is 4.04. The van der Waals surface area contributed by atoms with E-state index in [9.17, 15) is 4.79 Å². The first-order valence-electron chi connectivity index (χ1n) is 13.7. The van der Waals surface area contributed by atoms with Crippen LogP contribution in [-0.2, 0) is 6.42 Å². The van der Waals surface area contributed by atoms with Crippen molar-refractivity contribution >= 4 is 33.3 Å². The van der Waals surface area contributed by atoms with E-state index in [-0.39, 0.29) is 11.9 Å². The molecule has 37 heavy (non-hydrogen) atoms. The number of ether oxygens (including phenoxy) is 1. The SMILES string of the molecule is Cc1cnc2c(N)c(C(=O)NC3COc4cc(C5C6C7(C)CC8CCC9CC56C7N89)ccc4C3)sc2n1. The number of thiophene rings is 1. The molecule has 2 saturated carbocycles. The number of rotatable bonds is 3. The summed E-state index contributed by atoms with van der Waals surface area (Å²) in [6.45, 7) is 4.94. The van der Waals surface area contributed by atoms with Gasteiger partial charge in [-0.1, -0.05) is 19.1 Å². The number of hydrogen-bond donors (Lipinski definition) is 2. The molecule has 3 N–H and O–H groups in total. The Kier molecular flexibility index (Phi) is 3.81. The Balaban J connectivity index is 0.937. The number of aryl methyl sites for hydroxylation is 1. The molecule has 1 spiro atoms. The number of anilines is 1. The van der Waals surface area contributed by atoms with Gasteiger partial charge in [0, 0.05) is 24.3 Å². The molecule has 4 aliphatic heterocycles. The molecule has 2 aliphatic carbocycles. The third kappa shape index (κ3) is 2.45. The molecule has 2 aromatic heterocycles. The minimum atomic E-state index is -0.179. The maximum Gasteiger partial charge on any atom is 0.263 e. The van der Waals surface area contributed by atoms with E-state index in [0.717, 1.165) is 41.9 Å². The summed E-state index contributed by atoms with van der Waals surface area (Å²) in [7, 11) is 0. The van der Waals surface area contributed by atoms with Gasteiger partial charge >= 0.3 is 0 Å². The first kappa shape index (κ1) is 21.2. The van der Waals surface area contributed by atoms with Crippen LogP contribution < -0.4 is 15.8 Å². The Morgan fingerprint density at radius 2 is 2.11 bits per heavy atom. The van der Waals surface area contributed by atoms with Crippen molar-refractivity contribution in [2.24, 2.45) is 16.7 Å². The van der Waals surface area contributed by atoms with Crippen molar-refractivity contribution in [3.8, 4) is 5.75 Å². The van der Waals surface area contributed by atoms with Crippen LogP contribution in [0.15, 0.2) is 24.4 Å². The molecule has 7 nitrogen and oxygen atoms in total. The van der Waals surface area contributed by atoms with Crippen molar-refractivity contribution in [1.82, 2.24) is 20.2 Å². The van der Waals surface area contributed by atoms with Crippen molar-refractivity contribution in [1.29, 1.82) is 0 Å². The molecule has 3 saturated heterocycles. The lowest BCUT2D eigenvalue weighted by Gasteiger charge is -2.46. The van der Waals surface area contributed by atoms with Gasteiger partial charge in [0.1, 0.15) is 27.6 Å². The van der Waals surface area contributed by atoms with Crippen molar-refractivity contribution in [3.05, 3.63) is 46.1 Å². The lowest BCUT2D eigenvalue weighted by Crippen LogP contribution is -2.50. The molecule has 1 aromatic carbocycles. The maximum absolute atomic E-state index is 13.1. The van der Waals surface area contributed by atoms with E-state index in [2.05, 4.69) is 45.3 Å². The van der Waals surface area contributed by atoms with E-state index >= 15 is 0 Å². The van der Waals surface area contributed by atoms with Crippen molar-refractivity contribution in [2.75, 3.05) is 12.3 Å². The molecular formula is C29H31N5O2S. The van der Waals surface area contributed by atoms with Crippen LogP contribution in [0.1, 0.15) is 65.0 Å². The van der Waals surface area contributed by atoms with Crippen LogP contribution in [-0.4, -0.2) is 51.5 Å². The summed E-state index contributed by atoms with van der Waals surface area (Å²) < 4.78 is 6.26. The predicted molar refractivity (Wildman–Crippen MR) is 142 cm³/mol. The maximum atomic E-state index is 13.1. The Hall–Kier alpha value is -2.71. The lowest BCUT2D eigenvalue weighted by atomic mass is 9.59. The molecule has 8 atom stereocenters. The second-order valence-corrected chi connectivity index (χ2v) is 13.8. The quantitative estimate of drug-likeness (QED) is 0.549. The van der Waals surface area contributed by atoms with Crippen molar-refractivity contribution < 1.29 is 9.53 Å². The molecule has 0 radical (unpaired) electrons. The van der Waals surface area contributed by atoms with E-state index in [4.69, 9.17) is 10.5 Å². The fourth-order valence-corrected chi connectivity index (χ4v) is 11.0. The number of nitrogen functional groups attached to an aromatic ring is 1. The minimum Gasteiger partial charge on any atom is -0.491 e. The standard InChI is InChI=1S/C29H31N5O2S/c1-13-11-31-22-21(30)23(37-26(22)32-13)25(35)33-16-7-14-3-4-15(8-19(14)36-12-16)20-24-28(2)9-17-5-6-18-10-29(20,24)27(28)34(17)18/h3-4,8,11,16-18,20,24,27H,5-7,9-10,12,30H2,1-2H3,(H,33,35). The Morgan fingerprint density at radius 3 is 2.97 bits per heavy atom. The second-order valence-electron chi connectivity index (χ2n) is 12.8. The smallest absolute Gasteiger partial charge is 0.263 e. The molecule has 9 rings (SSSR count). The van der Waals surface area contributed by atoms with Crippen LogP contribution in [0, 0.1) is 23.7 Å². The van der Waals surface area contributed by atoms with Gasteiger partial charge in [-0.15, -0.1) is 11.3 Å². The average molecular weight is 514 g/mol. The minimum absolute atomic E-state index is 0.0916. The second kappa shape index (κ2) is 6.64. The number of nitrogens with two attached hydrogens (primary N) is 1. The topological polar surface area (TPSA) is 93.4 Å². The molecule has 6 aliphatic rings. The van der Waals surface area contributed by atoms with E-state index in [0.29, 0.717) is 44.3 Å². The Labute approximate surface area is 219 Å². The average Bonchev–Trinajstić information content (AvgIpc) is 3.22. The van der Waals surface area contributed by atoms with E-state index < -0.39 is 0 Å². The molecule has 8 unspecified atom stereocenters. The molecule has 5 fully saturated rings. The summed E-state index contributed by atoms with van der Waals surface area (Å²) >= 11 is 1.30. The van der Waals surface area contributed by atoms with Crippen molar-refractivity contribution in [3.63, 3.8) is 0 Å². The third-order valence-electron chi connectivity index (χ3n) is 10.9. The van der Waals surface area contributed by atoms with Gasteiger partial charge in [0.15, 0.2) is 0 Å². The van der Waals surface area contributed by atoms with Crippen LogP contribution >= 0.6 is 11.3 Å². The normalized spacial score (nSPS) is 40.1.